The van der Waals surface area contributed by atoms with Crippen LogP contribution < -0.4 is 4.74 Å². The highest BCUT2D eigenvalue weighted by molar-refractivity contribution is 5.92. The summed E-state index contributed by atoms with van der Waals surface area (Å²) < 4.78 is 5.09. The number of carbonyl (C=O) groups is 1. The Morgan fingerprint density at radius 3 is 2.72 bits per heavy atom. The minimum atomic E-state index is -0.139. The summed E-state index contributed by atoms with van der Waals surface area (Å²) in [5, 5.41) is 10.1. The Hall–Kier alpha value is -3.25. The van der Waals surface area contributed by atoms with Crippen molar-refractivity contribution in [3.8, 4) is 17.0 Å². The number of hydrogen-bond acceptors (Lipinski definition) is 5. The Bertz CT molecular complexity index is 1140. The van der Waals surface area contributed by atoms with Crippen LogP contribution in [0.1, 0.15) is 58.3 Å². The van der Waals surface area contributed by atoms with Gasteiger partial charge in [-0.3, -0.25) is 9.78 Å². The molecule has 1 N–H and O–H groups in total. The van der Waals surface area contributed by atoms with Crippen LogP contribution in [0.25, 0.3) is 11.1 Å². The van der Waals surface area contributed by atoms with Crippen LogP contribution in [0.2, 0.25) is 0 Å². The van der Waals surface area contributed by atoms with Crippen molar-refractivity contribution in [2.24, 2.45) is 0 Å². The van der Waals surface area contributed by atoms with Crippen LogP contribution in [0.3, 0.4) is 0 Å². The summed E-state index contributed by atoms with van der Waals surface area (Å²) in [7, 11) is 1.51. The zero-order valence-electron chi connectivity index (χ0n) is 18.2. The smallest absolute Gasteiger partial charge is 0.274 e. The van der Waals surface area contributed by atoms with Crippen LogP contribution in [0.15, 0.2) is 54.9 Å². The zero-order chi connectivity index (χ0) is 22.1. The SMILES string of the molecule is COc1cncc(C(=O)N2CCC(c3ccc(-c4ccccc4C4CC4)cc3CO)C2)n1. The van der Waals surface area contributed by atoms with Crippen molar-refractivity contribution in [1.29, 1.82) is 0 Å². The molecule has 1 aliphatic heterocycles. The third kappa shape index (κ3) is 3.98. The van der Waals surface area contributed by atoms with Gasteiger partial charge < -0.3 is 14.7 Å². The fraction of sp³-hybridized carbons (Fsp3) is 0.346. The Kier molecular flexibility index (Phi) is 5.62. The molecule has 1 atom stereocenters. The van der Waals surface area contributed by atoms with Crippen LogP contribution in [0.4, 0.5) is 0 Å². The van der Waals surface area contributed by atoms with Gasteiger partial charge in [0.05, 0.1) is 26.1 Å². The highest BCUT2D eigenvalue weighted by Crippen LogP contribution is 2.44. The molecule has 2 heterocycles. The Morgan fingerprint density at radius 2 is 1.94 bits per heavy atom. The molecule has 2 aliphatic rings. The van der Waals surface area contributed by atoms with Gasteiger partial charge in [-0.15, -0.1) is 0 Å². The lowest BCUT2D eigenvalue weighted by molar-refractivity contribution is 0.0783. The van der Waals surface area contributed by atoms with Crippen LogP contribution in [-0.4, -0.2) is 46.1 Å². The van der Waals surface area contributed by atoms with E-state index in [-0.39, 0.29) is 18.4 Å². The quantitative estimate of drug-likeness (QED) is 0.637. The normalized spacial score (nSPS) is 18.1. The Labute approximate surface area is 187 Å². The van der Waals surface area contributed by atoms with E-state index < -0.39 is 0 Å². The van der Waals surface area contributed by atoms with Crippen LogP contribution in [-0.2, 0) is 6.61 Å². The van der Waals surface area contributed by atoms with Crippen molar-refractivity contribution in [3.05, 3.63) is 77.2 Å². The number of ether oxygens (including phenoxy) is 1. The third-order valence-electron chi connectivity index (χ3n) is 6.56. The molecule has 6 nitrogen and oxygen atoms in total. The summed E-state index contributed by atoms with van der Waals surface area (Å²) in [6.45, 7) is 1.24. The van der Waals surface area contributed by atoms with Crippen molar-refractivity contribution < 1.29 is 14.6 Å². The summed E-state index contributed by atoms with van der Waals surface area (Å²) >= 11 is 0. The minimum absolute atomic E-state index is 0.0133. The number of hydrogen-bond donors (Lipinski definition) is 1. The maximum absolute atomic E-state index is 12.9. The number of rotatable bonds is 6. The van der Waals surface area contributed by atoms with Gasteiger partial charge in [0.2, 0.25) is 5.88 Å². The van der Waals surface area contributed by atoms with E-state index in [1.165, 1.54) is 43.5 Å². The van der Waals surface area contributed by atoms with Gasteiger partial charge in [-0.2, -0.15) is 0 Å². The summed E-state index contributed by atoms with van der Waals surface area (Å²) in [5.41, 5.74) is 6.16. The van der Waals surface area contributed by atoms with E-state index in [1.54, 1.807) is 0 Å². The highest BCUT2D eigenvalue weighted by Gasteiger charge is 2.31. The summed E-state index contributed by atoms with van der Waals surface area (Å²) in [6.07, 6.45) is 6.33. The molecule has 1 aromatic heterocycles. The maximum atomic E-state index is 12.9. The van der Waals surface area contributed by atoms with Gasteiger partial charge in [0.1, 0.15) is 0 Å². The van der Waals surface area contributed by atoms with Gasteiger partial charge in [0.15, 0.2) is 5.69 Å². The molecule has 1 saturated heterocycles. The molecule has 5 rings (SSSR count). The van der Waals surface area contributed by atoms with Gasteiger partial charge in [0, 0.05) is 19.0 Å². The number of nitrogens with zero attached hydrogens (tertiary/aromatic N) is 3. The Balaban J connectivity index is 1.37. The fourth-order valence-electron chi connectivity index (χ4n) is 4.73. The standard InChI is InChI=1S/C26H27N3O3/c1-32-25-14-27-13-24(28-25)26(31)29-11-10-19(15-29)21-9-8-18(12-20(21)16-30)23-5-3-2-4-22(23)17-6-7-17/h2-5,8-9,12-14,17,19,30H,6-7,10-11,15-16H2,1H3. The second-order valence-corrected chi connectivity index (χ2v) is 8.62. The van der Waals surface area contributed by atoms with Crippen LogP contribution in [0, 0.1) is 0 Å². The molecule has 6 heteroatoms. The second kappa shape index (κ2) is 8.71. The first-order valence-corrected chi connectivity index (χ1v) is 11.2. The molecule has 1 amide bonds. The molecule has 1 saturated carbocycles. The number of amides is 1. The van der Waals surface area contributed by atoms with Gasteiger partial charge in [0.25, 0.3) is 5.91 Å². The van der Waals surface area contributed by atoms with E-state index in [0.717, 1.165) is 23.1 Å². The van der Waals surface area contributed by atoms with Crippen LogP contribution >= 0.6 is 0 Å². The number of methoxy groups -OCH3 is 1. The van der Waals surface area contributed by atoms with Gasteiger partial charge in [-0.05, 0) is 59.1 Å². The average Bonchev–Trinajstić information content (AvgIpc) is 3.59. The number of aliphatic hydroxyl groups is 1. The monoisotopic (exact) mass is 429 g/mol. The van der Waals surface area contributed by atoms with E-state index in [0.29, 0.717) is 30.6 Å². The third-order valence-corrected chi connectivity index (χ3v) is 6.56. The summed E-state index contributed by atoms with van der Waals surface area (Å²) in [6, 6.07) is 15.0. The number of benzene rings is 2. The van der Waals surface area contributed by atoms with E-state index >= 15 is 0 Å². The largest absolute Gasteiger partial charge is 0.480 e. The number of likely N-dealkylation sites (tertiary alicyclic amines) is 1. The van der Waals surface area contributed by atoms with Gasteiger partial charge in [-0.1, -0.05) is 36.4 Å². The topological polar surface area (TPSA) is 75.5 Å². The minimum Gasteiger partial charge on any atom is -0.480 e. The molecule has 1 unspecified atom stereocenters. The van der Waals surface area contributed by atoms with E-state index in [1.807, 2.05) is 4.90 Å². The highest BCUT2D eigenvalue weighted by atomic mass is 16.5. The molecule has 3 aromatic rings. The number of aromatic nitrogens is 2. The average molecular weight is 430 g/mol. The number of aliphatic hydroxyl groups excluding tert-OH is 1. The Morgan fingerprint density at radius 1 is 1.09 bits per heavy atom. The lowest BCUT2D eigenvalue weighted by Crippen LogP contribution is -2.29. The molecule has 164 valence electrons. The molecule has 2 aromatic carbocycles. The van der Waals surface area contributed by atoms with Gasteiger partial charge in [-0.25, -0.2) is 4.98 Å². The van der Waals surface area contributed by atoms with Crippen molar-refractivity contribution in [3.63, 3.8) is 0 Å². The molecule has 0 bridgehead atoms. The van der Waals surface area contributed by atoms with Crippen molar-refractivity contribution in [2.45, 2.75) is 37.7 Å². The number of carbonyl (C=O) groups excluding carboxylic acids is 1. The first-order valence-electron chi connectivity index (χ1n) is 11.2. The predicted octanol–water partition coefficient (Wildman–Crippen LogP) is 4.15. The first kappa shape index (κ1) is 20.6. The molecular weight excluding hydrogens is 402 g/mol. The molecule has 0 spiro atoms. The summed E-state index contributed by atoms with van der Waals surface area (Å²) in [4.78, 5) is 23.0. The fourth-order valence-corrected chi connectivity index (χ4v) is 4.73. The van der Waals surface area contributed by atoms with Crippen molar-refractivity contribution in [1.82, 2.24) is 14.9 Å². The van der Waals surface area contributed by atoms with E-state index in [9.17, 15) is 9.90 Å². The maximum Gasteiger partial charge on any atom is 0.274 e. The lowest BCUT2D eigenvalue weighted by Gasteiger charge is -2.19. The van der Waals surface area contributed by atoms with Crippen molar-refractivity contribution in [2.75, 3.05) is 20.2 Å². The molecule has 0 radical (unpaired) electrons. The van der Waals surface area contributed by atoms with Gasteiger partial charge >= 0.3 is 0 Å². The molecule has 32 heavy (non-hydrogen) atoms. The van der Waals surface area contributed by atoms with E-state index in [4.69, 9.17) is 4.74 Å². The molecule has 1 aliphatic carbocycles. The van der Waals surface area contributed by atoms with E-state index in [2.05, 4.69) is 52.4 Å². The summed E-state index contributed by atoms with van der Waals surface area (Å²) in [5.74, 6) is 1.04. The lowest BCUT2D eigenvalue weighted by atomic mass is 9.89. The second-order valence-electron chi connectivity index (χ2n) is 8.62. The van der Waals surface area contributed by atoms with Crippen molar-refractivity contribution >= 4 is 5.91 Å². The molecule has 2 fully saturated rings. The first-order chi connectivity index (χ1) is 15.7. The molecular formula is C26H27N3O3. The zero-order valence-corrected chi connectivity index (χ0v) is 18.2. The predicted molar refractivity (Wildman–Crippen MR) is 122 cm³/mol. The van der Waals surface area contributed by atoms with Crippen LogP contribution in [0.5, 0.6) is 5.88 Å².